The van der Waals surface area contributed by atoms with Crippen molar-refractivity contribution in [2.45, 2.75) is 38.8 Å². The number of carbonyl (C=O) groups is 2. The SMILES string of the molecule is CCOc1ccc(CC(=O)N2CCCN([C@H]3CCN(Cc4ccccc4)C3=O)CC2)cc1. The molecule has 4 rings (SSSR count). The van der Waals surface area contributed by atoms with E-state index >= 15 is 0 Å². The van der Waals surface area contributed by atoms with Crippen molar-refractivity contribution in [2.75, 3.05) is 39.3 Å². The van der Waals surface area contributed by atoms with Crippen LogP contribution in [-0.4, -0.2) is 71.9 Å². The van der Waals surface area contributed by atoms with Crippen molar-refractivity contribution in [3.8, 4) is 5.75 Å². The van der Waals surface area contributed by atoms with Crippen LogP contribution in [0.3, 0.4) is 0 Å². The molecule has 32 heavy (non-hydrogen) atoms. The number of rotatable bonds is 7. The zero-order valence-electron chi connectivity index (χ0n) is 18.9. The van der Waals surface area contributed by atoms with Gasteiger partial charge in [0.1, 0.15) is 5.75 Å². The predicted molar refractivity (Wildman–Crippen MR) is 124 cm³/mol. The van der Waals surface area contributed by atoms with Crippen molar-refractivity contribution in [3.63, 3.8) is 0 Å². The molecule has 2 aliphatic rings. The highest BCUT2D eigenvalue weighted by Crippen LogP contribution is 2.21. The van der Waals surface area contributed by atoms with Gasteiger partial charge in [0.05, 0.1) is 19.1 Å². The number of benzene rings is 2. The fourth-order valence-electron chi connectivity index (χ4n) is 4.68. The molecule has 2 saturated heterocycles. The van der Waals surface area contributed by atoms with Crippen LogP contribution in [0.2, 0.25) is 0 Å². The second-order valence-electron chi connectivity index (χ2n) is 8.57. The highest BCUT2D eigenvalue weighted by Gasteiger charge is 2.36. The summed E-state index contributed by atoms with van der Waals surface area (Å²) in [6, 6.07) is 17.9. The molecular formula is C26H33N3O3. The Labute approximate surface area is 190 Å². The van der Waals surface area contributed by atoms with Gasteiger partial charge in [-0.3, -0.25) is 14.5 Å². The Morgan fingerprint density at radius 1 is 0.938 bits per heavy atom. The monoisotopic (exact) mass is 435 g/mol. The topological polar surface area (TPSA) is 53.1 Å². The van der Waals surface area contributed by atoms with E-state index in [0.29, 0.717) is 26.1 Å². The molecule has 2 aromatic rings. The van der Waals surface area contributed by atoms with Crippen LogP contribution in [0.4, 0.5) is 0 Å². The van der Waals surface area contributed by atoms with Crippen molar-refractivity contribution in [3.05, 3.63) is 65.7 Å². The van der Waals surface area contributed by atoms with Crippen LogP contribution in [0.5, 0.6) is 5.75 Å². The van der Waals surface area contributed by atoms with Crippen LogP contribution in [0.25, 0.3) is 0 Å². The third-order valence-electron chi connectivity index (χ3n) is 6.40. The second kappa shape index (κ2) is 10.6. The quantitative estimate of drug-likeness (QED) is 0.671. The van der Waals surface area contributed by atoms with E-state index in [2.05, 4.69) is 17.0 Å². The van der Waals surface area contributed by atoms with Gasteiger partial charge < -0.3 is 14.5 Å². The minimum Gasteiger partial charge on any atom is -0.494 e. The maximum absolute atomic E-state index is 13.0. The number of amides is 2. The largest absolute Gasteiger partial charge is 0.494 e. The van der Waals surface area contributed by atoms with Crippen molar-refractivity contribution in [2.24, 2.45) is 0 Å². The summed E-state index contributed by atoms with van der Waals surface area (Å²) in [6.45, 7) is 7.12. The number of likely N-dealkylation sites (tertiary alicyclic amines) is 1. The summed E-state index contributed by atoms with van der Waals surface area (Å²) in [4.78, 5) is 32.1. The summed E-state index contributed by atoms with van der Waals surface area (Å²) in [7, 11) is 0. The highest BCUT2D eigenvalue weighted by atomic mass is 16.5. The van der Waals surface area contributed by atoms with Gasteiger partial charge in [-0.15, -0.1) is 0 Å². The van der Waals surface area contributed by atoms with Gasteiger partial charge in [0.25, 0.3) is 0 Å². The Morgan fingerprint density at radius 3 is 2.47 bits per heavy atom. The summed E-state index contributed by atoms with van der Waals surface area (Å²) in [6.07, 6.45) is 2.17. The van der Waals surface area contributed by atoms with Gasteiger partial charge in [0.2, 0.25) is 11.8 Å². The standard InChI is InChI=1S/C26H33N3O3/c1-2-32-23-11-9-21(10-12-23)19-25(30)28-15-6-14-27(17-18-28)24-13-16-29(26(24)31)20-22-7-4-3-5-8-22/h3-5,7-12,24H,2,6,13-20H2,1H3/t24-/m0/s1. The lowest BCUT2D eigenvalue weighted by molar-refractivity contribution is -0.132. The molecule has 2 heterocycles. The van der Waals surface area contributed by atoms with Crippen molar-refractivity contribution >= 4 is 11.8 Å². The maximum Gasteiger partial charge on any atom is 0.240 e. The van der Waals surface area contributed by atoms with Gasteiger partial charge in [-0.1, -0.05) is 42.5 Å². The fourth-order valence-corrected chi connectivity index (χ4v) is 4.68. The molecule has 2 fully saturated rings. The van der Waals surface area contributed by atoms with Gasteiger partial charge >= 0.3 is 0 Å². The lowest BCUT2D eigenvalue weighted by atomic mass is 10.1. The van der Waals surface area contributed by atoms with Crippen LogP contribution in [0.1, 0.15) is 30.9 Å². The molecule has 6 nitrogen and oxygen atoms in total. The third-order valence-corrected chi connectivity index (χ3v) is 6.40. The first-order valence-corrected chi connectivity index (χ1v) is 11.7. The van der Waals surface area contributed by atoms with Crippen LogP contribution in [-0.2, 0) is 22.6 Å². The summed E-state index contributed by atoms with van der Waals surface area (Å²) in [5.74, 6) is 1.21. The zero-order chi connectivity index (χ0) is 22.3. The average Bonchev–Trinajstić information content (AvgIpc) is 3.01. The molecule has 2 amide bonds. The van der Waals surface area contributed by atoms with Crippen LogP contribution in [0, 0.1) is 0 Å². The normalized spacial score (nSPS) is 19.8. The van der Waals surface area contributed by atoms with Crippen molar-refractivity contribution in [1.29, 1.82) is 0 Å². The molecule has 0 saturated carbocycles. The summed E-state index contributed by atoms with van der Waals surface area (Å²) in [5.41, 5.74) is 2.17. The third kappa shape index (κ3) is 5.49. The van der Waals surface area contributed by atoms with E-state index in [1.807, 2.05) is 59.2 Å². The molecule has 0 radical (unpaired) electrons. The average molecular weight is 436 g/mol. The zero-order valence-corrected chi connectivity index (χ0v) is 18.9. The number of carbonyl (C=O) groups excluding carboxylic acids is 2. The molecule has 0 unspecified atom stereocenters. The first kappa shape index (κ1) is 22.3. The van der Waals surface area contributed by atoms with Crippen molar-refractivity contribution < 1.29 is 14.3 Å². The summed E-state index contributed by atoms with van der Waals surface area (Å²) in [5, 5.41) is 0. The van der Waals surface area contributed by atoms with E-state index < -0.39 is 0 Å². The van der Waals surface area contributed by atoms with E-state index in [1.165, 1.54) is 5.56 Å². The van der Waals surface area contributed by atoms with E-state index in [-0.39, 0.29) is 17.9 Å². The smallest absolute Gasteiger partial charge is 0.240 e. The molecule has 0 spiro atoms. The molecule has 2 aromatic carbocycles. The highest BCUT2D eigenvalue weighted by molar-refractivity contribution is 5.84. The summed E-state index contributed by atoms with van der Waals surface area (Å²) >= 11 is 0. The Kier molecular flexibility index (Phi) is 7.43. The lowest BCUT2D eigenvalue weighted by Crippen LogP contribution is -2.44. The second-order valence-corrected chi connectivity index (χ2v) is 8.57. The molecule has 170 valence electrons. The molecule has 2 aliphatic heterocycles. The minimum absolute atomic E-state index is 0.0557. The Bertz CT molecular complexity index is 900. The molecule has 0 aromatic heterocycles. The van der Waals surface area contributed by atoms with E-state index in [9.17, 15) is 9.59 Å². The Hall–Kier alpha value is -2.86. The number of ether oxygens (including phenoxy) is 1. The van der Waals surface area contributed by atoms with Gasteiger partial charge in [0.15, 0.2) is 0 Å². The minimum atomic E-state index is -0.0557. The lowest BCUT2D eigenvalue weighted by Gasteiger charge is -2.26. The molecule has 6 heteroatoms. The molecular weight excluding hydrogens is 402 g/mol. The Morgan fingerprint density at radius 2 is 1.72 bits per heavy atom. The Balaban J connectivity index is 1.29. The first-order valence-electron chi connectivity index (χ1n) is 11.7. The van der Waals surface area contributed by atoms with E-state index in [4.69, 9.17) is 4.74 Å². The van der Waals surface area contributed by atoms with Gasteiger partial charge in [-0.05, 0) is 43.0 Å². The van der Waals surface area contributed by atoms with E-state index in [1.54, 1.807) is 0 Å². The van der Waals surface area contributed by atoms with Crippen LogP contribution in [0.15, 0.2) is 54.6 Å². The van der Waals surface area contributed by atoms with Crippen LogP contribution < -0.4 is 4.74 Å². The molecule has 1 atom stereocenters. The van der Waals surface area contributed by atoms with Gasteiger partial charge in [-0.2, -0.15) is 0 Å². The molecule has 0 bridgehead atoms. The predicted octanol–water partition coefficient (Wildman–Crippen LogP) is 2.96. The molecule has 0 N–H and O–H groups in total. The number of nitrogens with zero attached hydrogens (tertiary/aromatic N) is 3. The summed E-state index contributed by atoms with van der Waals surface area (Å²) < 4.78 is 5.48. The molecule has 0 aliphatic carbocycles. The first-order chi connectivity index (χ1) is 15.6. The van der Waals surface area contributed by atoms with Crippen molar-refractivity contribution in [1.82, 2.24) is 14.7 Å². The maximum atomic E-state index is 13.0. The number of hydrogen-bond donors (Lipinski definition) is 0. The fraction of sp³-hybridized carbons (Fsp3) is 0.462. The van der Waals surface area contributed by atoms with Gasteiger partial charge in [-0.25, -0.2) is 0 Å². The van der Waals surface area contributed by atoms with Crippen LogP contribution >= 0.6 is 0 Å². The van der Waals surface area contributed by atoms with Gasteiger partial charge in [0, 0.05) is 39.3 Å². The number of hydrogen-bond acceptors (Lipinski definition) is 4. The van der Waals surface area contributed by atoms with E-state index in [0.717, 1.165) is 50.3 Å².